The van der Waals surface area contributed by atoms with E-state index in [2.05, 4.69) is 29.6 Å². The third-order valence-corrected chi connectivity index (χ3v) is 4.44. The molecule has 0 aliphatic heterocycles. The van der Waals surface area contributed by atoms with Crippen molar-refractivity contribution in [2.75, 3.05) is 6.54 Å². The SMILES string of the molecule is Cc1nn(C)c(C)c1CC(C)NC(=O)NCC(C)(O)CCC(C)C. The molecule has 6 nitrogen and oxygen atoms in total. The highest BCUT2D eigenvalue weighted by atomic mass is 16.3. The number of aryl methyl sites for hydroxylation is 2. The molecule has 2 atom stereocenters. The zero-order valence-corrected chi connectivity index (χ0v) is 16.2. The number of carbonyl (C=O) groups is 1. The zero-order valence-electron chi connectivity index (χ0n) is 16.2. The van der Waals surface area contributed by atoms with Crippen LogP contribution in [0, 0.1) is 19.8 Å². The highest BCUT2D eigenvalue weighted by Crippen LogP contribution is 2.16. The van der Waals surface area contributed by atoms with Gasteiger partial charge in [-0.15, -0.1) is 0 Å². The molecule has 0 saturated heterocycles. The predicted octanol–water partition coefficient (Wildman–Crippen LogP) is 2.45. The van der Waals surface area contributed by atoms with Crippen molar-refractivity contribution in [3.63, 3.8) is 0 Å². The minimum absolute atomic E-state index is 0.00721. The highest BCUT2D eigenvalue weighted by molar-refractivity contribution is 5.74. The fraction of sp³-hybridized carbons (Fsp3) is 0.778. The first-order valence-electron chi connectivity index (χ1n) is 8.77. The average Bonchev–Trinajstić information content (AvgIpc) is 2.70. The van der Waals surface area contributed by atoms with Gasteiger partial charge in [-0.1, -0.05) is 13.8 Å². The first-order chi connectivity index (χ1) is 11.0. The Morgan fingerprint density at radius 1 is 1.33 bits per heavy atom. The first kappa shape index (κ1) is 20.5. The van der Waals surface area contributed by atoms with Crippen molar-refractivity contribution in [2.24, 2.45) is 13.0 Å². The number of aliphatic hydroxyl groups is 1. The summed E-state index contributed by atoms with van der Waals surface area (Å²) >= 11 is 0. The Bertz CT molecular complexity index is 549. The number of nitrogens with one attached hydrogen (secondary N) is 2. The molecular weight excluding hydrogens is 304 g/mol. The second-order valence-electron chi connectivity index (χ2n) is 7.63. The summed E-state index contributed by atoms with van der Waals surface area (Å²) in [6.07, 6.45) is 2.35. The van der Waals surface area contributed by atoms with Gasteiger partial charge < -0.3 is 15.7 Å². The van der Waals surface area contributed by atoms with Gasteiger partial charge in [-0.05, 0) is 58.4 Å². The maximum Gasteiger partial charge on any atom is 0.315 e. The Balaban J connectivity index is 2.44. The van der Waals surface area contributed by atoms with Gasteiger partial charge >= 0.3 is 6.03 Å². The second kappa shape index (κ2) is 8.51. The third-order valence-electron chi connectivity index (χ3n) is 4.44. The molecule has 24 heavy (non-hydrogen) atoms. The van der Waals surface area contributed by atoms with E-state index in [0.29, 0.717) is 12.3 Å². The molecule has 0 fully saturated rings. The lowest BCUT2D eigenvalue weighted by atomic mass is 9.95. The lowest BCUT2D eigenvalue weighted by Gasteiger charge is -2.25. The van der Waals surface area contributed by atoms with Gasteiger partial charge in [0, 0.05) is 25.3 Å². The number of carbonyl (C=O) groups excluding carboxylic acids is 1. The topological polar surface area (TPSA) is 79.2 Å². The summed E-state index contributed by atoms with van der Waals surface area (Å²) in [4.78, 5) is 12.0. The summed E-state index contributed by atoms with van der Waals surface area (Å²) in [5.41, 5.74) is 2.43. The monoisotopic (exact) mass is 338 g/mol. The van der Waals surface area contributed by atoms with Gasteiger partial charge in [-0.25, -0.2) is 4.79 Å². The Kier molecular flexibility index (Phi) is 7.27. The Morgan fingerprint density at radius 2 is 1.96 bits per heavy atom. The zero-order chi connectivity index (χ0) is 18.5. The van der Waals surface area contributed by atoms with Crippen LogP contribution in [0.3, 0.4) is 0 Å². The minimum Gasteiger partial charge on any atom is -0.388 e. The molecule has 1 heterocycles. The van der Waals surface area contributed by atoms with Crippen LogP contribution in [0.25, 0.3) is 0 Å². The predicted molar refractivity (Wildman–Crippen MR) is 97.1 cm³/mol. The number of urea groups is 1. The lowest BCUT2D eigenvalue weighted by molar-refractivity contribution is 0.0476. The molecule has 0 spiro atoms. The smallest absolute Gasteiger partial charge is 0.315 e. The van der Waals surface area contributed by atoms with Gasteiger partial charge in [-0.3, -0.25) is 4.68 Å². The van der Waals surface area contributed by atoms with E-state index in [9.17, 15) is 9.90 Å². The van der Waals surface area contributed by atoms with E-state index in [1.807, 2.05) is 32.5 Å². The molecule has 0 aliphatic rings. The van der Waals surface area contributed by atoms with Gasteiger partial charge in [0.05, 0.1) is 11.3 Å². The molecule has 138 valence electrons. The minimum atomic E-state index is -0.874. The van der Waals surface area contributed by atoms with Gasteiger partial charge in [-0.2, -0.15) is 5.10 Å². The number of aromatic nitrogens is 2. The third kappa shape index (κ3) is 6.51. The average molecular weight is 338 g/mol. The number of rotatable bonds is 8. The van der Waals surface area contributed by atoms with Crippen LogP contribution < -0.4 is 10.6 Å². The lowest BCUT2D eigenvalue weighted by Crippen LogP contribution is -2.47. The normalized spacial score (nSPS) is 15.2. The maximum absolute atomic E-state index is 12.0. The van der Waals surface area contributed by atoms with E-state index in [1.54, 1.807) is 6.92 Å². The molecular formula is C18H34N4O2. The van der Waals surface area contributed by atoms with E-state index in [-0.39, 0.29) is 18.6 Å². The van der Waals surface area contributed by atoms with E-state index in [0.717, 1.165) is 24.2 Å². The van der Waals surface area contributed by atoms with Crippen LogP contribution >= 0.6 is 0 Å². The summed E-state index contributed by atoms with van der Waals surface area (Å²) in [6, 6.07) is -0.251. The number of nitrogens with zero attached hydrogens (tertiary/aromatic N) is 2. The molecule has 1 aromatic rings. The standard InChI is InChI=1S/C18H34N4O2/c1-12(2)8-9-18(6,24)11-19-17(23)20-13(3)10-16-14(4)21-22(7)15(16)5/h12-13,24H,8-11H2,1-7H3,(H2,19,20,23). The Labute approximate surface area is 146 Å². The van der Waals surface area contributed by atoms with Crippen molar-refractivity contribution < 1.29 is 9.90 Å². The van der Waals surface area contributed by atoms with Crippen LogP contribution in [-0.2, 0) is 13.5 Å². The van der Waals surface area contributed by atoms with Crippen molar-refractivity contribution >= 4 is 6.03 Å². The Morgan fingerprint density at radius 3 is 2.46 bits per heavy atom. The fourth-order valence-corrected chi connectivity index (χ4v) is 2.70. The molecule has 3 N–H and O–H groups in total. The van der Waals surface area contributed by atoms with E-state index >= 15 is 0 Å². The Hall–Kier alpha value is -1.56. The summed E-state index contributed by atoms with van der Waals surface area (Å²) in [5, 5.41) is 20.4. The van der Waals surface area contributed by atoms with Crippen molar-refractivity contribution in [1.29, 1.82) is 0 Å². The van der Waals surface area contributed by atoms with Gasteiger partial charge in [0.15, 0.2) is 0 Å². The van der Waals surface area contributed by atoms with Gasteiger partial charge in [0.25, 0.3) is 0 Å². The molecule has 2 unspecified atom stereocenters. The van der Waals surface area contributed by atoms with Crippen molar-refractivity contribution in [2.45, 2.75) is 72.4 Å². The quantitative estimate of drug-likeness (QED) is 0.681. The second-order valence-corrected chi connectivity index (χ2v) is 7.63. The van der Waals surface area contributed by atoms with E-state index in [4.69, 9.17) is 0 Å². The molecule has 0 radical (unpaired) electrons. The van der Waals surface area contributed by atoms with E-state index < -0.39 is 5.60 Å². The molecule has 1 aromatic heterocycles. The molecule has 0 aromatic carbocycles. The largest absolute Gasteiger partial charge is 0.388 e. The molecule has 0 bridgehead atoms. The van der Waals surface area contributed by atoms with Gasteiger partial charge in [0.1, 0.15) is 0 Å². The summed E-state index contributed by atoms with van der Waals surface area (Å²) in [6.45, 7) is 12.3. The van der Waals surface area contributed by atoms with Crippen LogP contribution in [0.1, 0.15) is 57.5 Å². The first-order valence-corrected chi connectivity index (χ1v) is 8.77. The number of hydrogen-bond donors (Lipinski definition) is 3. The van der Waals surface area contributed by atoms with Crippen LogP contribution in [0.4, 0.5) is 4.79 Å². The van der Waals surface area contributed by atoms with Crippen molar-refractivity contribution in [3.8, 4) is 0 Å². The molecule has 1 rings (SSSR count). The van der Waals surface area contributed by atoms with Crippen molar-refractivity contribution in [1.82, 2.24) is 20.4 Å². The molecule has 6 heteroatoms. The number of amides is 2. The summed E-state index contributed by atoms with van der Waals surface area (Å²) in [7, 11) is 1.93. The molecule has 0 saturated carbocycles. The van der Waals surface area contributed by atoms with Crippen LogP contribution in [-0.4, -0.2) is 39.1 Å². The highest BCUT2D eigenvalue weighted by Gasteiger charge is 2.22. The summed E-state index contributed by atoms with van der Waals surface area (Å²) in [5.74, 6) is 0.538. The molecule has 2 amide bonds. The molecule has 0 aliphatic carbocycles. The van der Waals surface area contributed by atoms with Gasteiger partial charge in [0.2, 0.25) is 0 Å². The summed E-state index contributed by atoms with van der Waals surface area (Å²) < 4.78 is 1.86. The fourth-order valence-electron chi connectivity index (χ4n) is 2.70. The van der Waals surface area contributed by atoms with Crippen LogP contribution in [0.15, 0.2) is 0 Å². The maximum atomic E-state index is 12.0. The van der Waals surface area contributed by atoms with Crippen LogP contribution in [0.2, 0.25) is 0 Å². The number of hydrogen-bond acceptors (Lipinski definition) is 3. The van der Waals surface area contributed by atoms with E-state index in [1.165, 1.54) is 5.56 Å². The van der Waals surface area contributed by atoms with Crippen LogP contribution in [0.5, 0.6) is 0 Å². The van der Waals surface area contributed by atoms with Crippen molar-refractivity contribution in [3.05, 3.63) is 17.0 Å².